The number of aryl methyl sites for hydroxylation is 1. The van der Waals surface area contributed by atoms with E-state index in [0.717, 1.165) is 18.5 Å². The van der Waals surface area contributed by atoms with Crippen LogP contribution in [0, 0.1) is 6.92 Å². The van der Waals surface area contributed by atoms with E-state index in [-0.39, 0.29) is 0 Å². The number of benzene rings is 1. The maximum absolute atomic E-state index is 6.10. The highest BCUT2D eigenvalue weighted by molar-refractivity contribution is 5.67. The first-order chi connectivity index (χ1) is 6.65. The fourth-order valence-electron chi connectivity index (χ4n) is 1.93. The van der Waals surface area contributed by atoms with Gasteiger partial charge in [-0.15, -0.1) is 0 Å². The standard InChI is InChI=1S/C12H20N2/c1-5-9-7-11(14-4)8(3)10(6-2)12(9)13/h7,14H,5-6,13H2,1-4H3. The molecule has 0 fully saturated rings. The third-order valence-corrected chi connectivity index (χ3v) is 2.85. The van der Waals surface area contributed by atoms with E-state index in [1.54, 1.807) is 0 Å². The second-order valence-electron chi connectivity index (χ2n) is 3.56. The molecule has 2 nitrogen and oxygen atoms in total. The van der Waals surface area contributed by atoms with Crippen LogP contribution in [0.5, 0.6) is 0 Å². The van der Waals surface area contributed by atoms with Gasteiger partial charge in [-0.3, -0.25) is 0 Å². The van der Waals surface area contributed by atoms with E-state index in [0.29, 0.717) is 0 Å². The van der Waals surface area contributed by atoms with E-state index in [9.17, 15) is 0 Å². The van der Waals surface area contributed by atoms with Crippen molar-refractivity contribution in [2.24, 2.45) is 0 Å². The number of nitrogens with two attached hydrogens (primary N) is 1. The summed E-state index contributed by atoms with van der Waals surface area (Å²) in [5.41, 5.74) is 12.1. The Morgan fingerprint density at radius 2 is 1.93 bits per heavy atom. The molecule has 78 valence electrons. The molecule has 0 radical (unpaired) electrons. The Morgan fingerprint density at radius 1 is 1.29 bits per heavy atom. The van der Waals surface area contributed by atoms with Gasteiger partial charge in [-0.1, -0.05) is 13.8 Å². The van der Waals surface area contributed by atoms with Crippen molar-refractivity contribution in [3.63, 3.8) is 0 Å². The first-order valence-corrected chi connectivity index (χ1v) is 5.24. The average molecular weight is 192 g/mol. The largest absolute Gasteiger partial charge is 0.398 e. The topological polar surface area (TPSA) is 38.0 Å². The molecule has 2 heteroatoms. The summed E-state index contributed by atoms with van der Waals surface area (Å²) in [6.07, 6.45) is 1.99. The Kier molecular flexibility index (Phi) is 3.39. The van der Waals surface area contributed by atoms with Crippen LogP contribution in [0.4, 0.5) is 11.4 Å². The average Bonchev–Trinajstić information content (AvgIpc) is 2.19. The third-order valence-electron chi connectivity index (χ3n) is 2.85. The molecule has 0 saturated heterocycles. The maximum Gasteiger partial charge on any atom is 0.0383 e. The summed E-state index contributed by atoms with van der Waals surface area (Å²) in [6.45, 7) is 6.41. The van der Waals surface area contributed by atoms with Crippen LogP contribution in [0.2, 0.25) is 0 Å². The zero-order valence-electron chi connectivity index (χ0n) is 9.57. The lowest BCUT2D eigenvalue weighted by molar-refractivity contribution is 1.07. The van der Waals surface area contributed by atoms with Crippen molar-refractivity contribution in [3.05, 3.63) is 22.8 Å². The fourth-order valence-corrected chi connectivity index (χ4v) is 1.93. The van der Waals surface area contributed by atoms with Gasteiger partial charge in [-0.25, -0.2) is 0 Å². The van der Waals surface area contributed by atoms with Gasteiger partial charge < -0.3 is 11.1 Å². The fraction of sp³-hybridized carbons (Fsp3) is 0.500. The van der Waals surface area contributed by atoms with E-state index >= 15 is 0 Å². The molecule has 0 atom stereocenters. The van der Waals surface area contributed by atoms with Gasteiger partial charge in [0.15, 0.2) is 0 Å². The van der Waals surface area contributed by atoms with Crippen molar-refractivity contribution in [3.8, 4) is 0 Å². The van der Waals surface area contributed by atoms with Crippen LogP contribution in [0.1, 0.15) is 30.5 Å². The van der Waals surface area contributed by atoms with Crippen molar-refractivity contribution in [2.45, 2.75) is 33.6 Å². The molecule has 0 saturated carbocycles. The lowest BCUT2D eigenvalue weighted by Crippen LogP contribution is -2.04. The Labute approximate surface area is 86.5 Å². The van der Waals surface area contributed by atoms with Gasteiger partial charge in [-0.05, 0) is 42.5 Å². The molecule has 0 bridgehead atoms. The van der Waals surface area contributed by atoms with E-state index in [1.165, 1.54) is 22.4 Å². The summed E-state index contributed by atoms with van der Waals surface area (Å²) in [6, 6.07) is 2.16. The molecule has 0 aliphatic heterocycles. The highest BCUT2D eigenvalue weighted by atomic mass is 14.8. The number of nitrogens with one attached hydrogen (secondary N) is 1. The number of anilines is 2. The van der Waals surface area contributed by atoms with Crippen LogP contribution in [-0.4, -0.2) is 7.05 Å². The minimum atomic E-state index is 0.978. The molecule has 0 spiro atoms. The van der Waals surface area contributed by atoms with Crippen molar-refractivity contribution in [2.75, 3.05) is 18.1 Å². The lowest BCUT2D eigenvalue weighted by atomic mass is 9.97. The summed E-state index contributed by atoms with van der Waals surface area (Å²) in [5.74, 6) is 0. The van der Waals surface area contributed by atoms with Gasteiger partial charge in [0.1, 0.15) is 0 Å². The zero-order chi connectivity index (χ0) is 10.7. The number of nitrogen functional groups attached to an aromatic ring is 1. The zero-order valence-corrected chi connectivity index (χ0v) is 9.57. The summed E-state index contributed by atoms with van der Waals surface area (Å²) < 4.78 is 0. The lowest BCUT2D eigenvalue weighted by Gasteiger charge is -2.16. The van der Waals surface area contributed by atoms with Gasteiger partial charge in [0.05, 0.1) is 0 Å². The quantitative estimate of drug-likeness (QED) is 0.723. The molecule has 0 aliphatic rings. The third kappa shape index (κ3) is 1.69. The summed E-state index contributed by atoms with van der Waals surface area (Å²) in [7, 11) is 1.96. The Bertz CT molecular complexity index is 301. The molecule has 1 rings (SSSR count). The molecule has 0 aromatic heterocycles. The van der Waals surface area contributed by atoms with Crippen LogP contribution < -0.4 is 11.1 Å². The summed E-state index contributed by atoms with van der Waals surface area (Å²) in [4.78, 5) is 0. The Morgan fingerprint density at radius 3 is 2.36 bits per heavy atom. The van der Waals surface area contributed by atoms with Crippen molar-refractivity contribution in [1.82, 2.24) is 0 Å². The second-order valence-corrected chi connectivity index (χ2v) is 3.56. The van der Waals surface area contributed by atoms with Gasteiger partial charge in [-0.2, -0.15) is 0 Å². The summed E-state index contributed by atoms with van der Waals surface area (Å²) >= 11 is 0. The number of rotatable bonds is 3. The van der Waals surface area contributed by atoms with Crippen LogP contribution in [0.25, 0.3) is 0 Å². The van der Waals surface area contributed by atoms with Crippen LogP contribution in [0.3, 0.4) is 0 Å². The molecular formula is C12H20N2. The predicted octanol–water partition coefficient (Wildman–Crippen LogP) is 2.74. The predicted molar refractivity (Wildman–Crippen MR) is 63.9 cm³/mol. The molecule has 1 aromatic carbocycles. The smallest absolute Gasteiger partial charge is 0.0383 e. The minimum absolute atomic E-state index is 0.978. The maximum atomic E-state index is 6.10. The first-order valence-electron chi connectivity index (χ1n) is 5.24. The van der Waals surface area contributed by atoms with Gasteiger partial charge in [0.2, 0.25) is 0 Å². The van der Waals surface area contributed by atoms with Crippen LogP contribution in [-0.2, 0) is 12.8 Å². The summed E-state index contributed by atoms with van der Waals surface area (Å²) in [5, 5.41) is 3.22. The Hall–Kier alpha value is -1.18. The van der Waals surface area contributed by atoms with Gasteiger partial charge >= 0.3 is 0 Å². The Balaban J connectivity index is 3.39. The molecule has 0 amide bonds. The molecule has 0 heterocycles. The van der Waals surface area contributed by atoms with Gasteiger partial charge in [0.25, 0.3) is 0 Å². The molecule has 0 unspecified atom stereocenters. The monoisotopic (exact) mass is 192 g/mol. The molecule has 14 heavy (non-hydrogen) atoms. The van der Waals surface area contributed by atoms with Crippen molar-refractivity contribution < 1.29 is 0 Å². The van der Waals surface area contributed by atoms with E-state index in [1.807, 2.05) is 7.05 Å². The normalized spacial score (nSPS) is 10.3. The molecule has 1 aromatic rings. The SMILES string of the molecule is CCc1cc(NC)c(C)c(CC)c1N. The van der Waals surface area contributed by atoms with Crippen molar-refractivity contribution in [1.29, 1.82) is 0 Å². The van der Waals surface area contributed by atoms with Crippen LogP contribution >= 0.6 is 0 Å². The highest BCUT2D eigenvalue weighted by Gasteiger charge is 2.09. The first kappa shape index (κ1) is 10.9. The van der Waals surface area contributed by atoms with E-state index in [4.69, 9.17) is 5.73 Å². The van der Waals surface area contributed by atoms with Gasteiger partial charge in [0, 0.05) is 18.4 Å². The minimum Gasteiger partial charge on any atom is -0.398 e. The molecule has 3 N–H and O–H groups in total. The molecular weight excluding hydrogens is 172 g/mol. The number of hydrogen-bond donors (Lipinski definition) is 2. The number of hydrogen-bond acceptors (Lipinski definition) is 2. The highest BCUT2D eigenvalue weighted by Crippen LogP contribution is 2.29. The van der Waals surface area contributed by atoms with E-state index in [2.05, 4.69) is 32.2 Å². The second kappa shape index (κ2) is 4.36. The molecule has 0 aliphatic carbocycles. The van der Waals surface area contributed by atoms with Crippen molar-refractivity contribution >= 4 is 11.4 Å². The van der Waals surface area contributed by atoms with E-state index < -0.39 is 0 Å². The van der Waals surface area contributed by atoms with Crippen LogP contribution in [0.15, 0.2) is 6.07 Å².